The maximum Gasteiger partial charge on any atom is 0.416 e. The first-order valence-electron chi connectivity index (χ1n) is 4.14. The lowest BCUT2D eigenvalue weighted by atomic mass is 10.2. The highest BCUT2D eigenvalue weighted by Crippen LogP contribution is 2.32. The Morgan fingerprint density at radius 1 is 1.20 bits per heavy atom. The number of pyridine rings is 1. The molecule has 1 nitrogen and oxygen atoms in total. The summed E-state index contributed by atoms with van der Waals surface area (Å²) in [5.41, 5.74) is -0.305. The Hall–Kier alpha value is -1.36. The predicted octanol–water partition coefficient (Wildman–Crippen LogP) is 3.83. The Labute approximate surface area is 88.2 Å². The molecule has 15 heavy (non-hydrogen) atoms. The summed E-state index contributed by atoms with van der Waals surface area (Å²) < 4.78 is 37.2. The van der Waals surface area contributed by atoms with Crippen molar-refractivity contribution in [2.75, 3.05) is 0 Å². The number of thiophene rings is 1. The van der Waals surface area contributed by atoms with Crippen LogP contribution in [0.2, 0.25) is 0 Å². The number of aromatic nitrogens is 1. The van der Waals surface area contributed by atoms with Crippen LogP contribution in [0.1, 0.15) is 5.56 Å². The molecule has 0 unspecified atom stereocenters. The second-order valence-electron chi connectivity index (χ2n) is 2.90. The molecule has 0 N–H and O–H groups in total. The van der Waals surface area contributed by atoms with Gasteiger partial charge in [-0.05, 0) is 23.6 Å². The molecule has 2 aromatic rings. The second kappa shape index (κ2) is 3.66. The molecular formula is C10H6F3NS. The number of hydrogen-bond acceptors (Lipinski definition) is 2. The first kappa shape index (κ1) is 10.2. The van der Waals surface area contributed by atoms with Crippen molar-refractivity contribution in [1.29, 1.82) is 0 Å². The molecule has 78 valence electrons. The number of alkyl halides is 3. The van der Waals surface area contributed by atoms with Gasteiger partial charge in [-0.2, -0.15) is 13.2 Å². The van der Waals surface area contributed by atoms with Crippen molar-refractivity contribution in [3.8, 4) is 10.6 Å². The van der Waals surface area contributed by atoms with Crippen LogP contribution < -0.4 is 0 Å². The van der Waals surface area contributed by atoms with Gasteiger partial charge in [0.2, 0.25) is 0 Å². The summed E-state index contributed by atoms with van der Waals surface area (Å²) in [5, 5.41) is 1.80. The van der Waals surface area contributed by atoms with E-state index in [4.69, 9.17) is 0 Å². The van der Waals surface area contributed by atoms with Crippen molar-refractivity contribution in [2.45, 2.75) is 6.18 Å². The molecule has 5 heteroatoms. The topological polar surface area (TPSA) is 12.9 Å². The van der Waals surface area contributed by atoms with E-state index in [2.05, 4.69) is 4.98 Å². The van der Waals surface area contributed by atoms with Crippen molar-refractivity contribution in [3.63, 3.8) is 0 Å². The fraction of sp³-hybridized carbons (Fsp3) is 0.100. The molecule has 0 amide bonds. The van der Waals surface area contributed by atoms with Crippen molar-refractivity contribution in [2.24, 2.45) is 0 Å². The molecule has 0 aliphatic rings. The maximum absolute atomic E-state index is 12.4. The molecule has 0 aliphatic heterocycles. The Balaban J connectivity index is 2.44. The zero-order chi connectivity index (χ0) is 10.9. The zero-order valence-electron chi connectivity index (χ0n) is 7.45. The molecule has 2 rings (SSSR count). The van der Waals surface area contributed by atoms with E-state index >= 15 is 0 Å². The number of nitrogens with zero attached hydrogens (tertiary/aromatic N) is 1. The van der Waals surface area contributed by atoms with E-state index in [0.717, 1.165) is 17.0 Å². The number of rotatable bonds is 1. The standard InChI is InChI=1S/C10H6F3NS/c11-10(12,13)7-3-4-14-8(6-7)9-2-1-5-15-9/h1-6H. The zero-order valence-corrected chi connectivity index (χ0v) is 8.27. The first-order valence-corrected chi connectivity index (χ1v) is 5.02. The number of halogens is 3. The summed E-state index contributed by atoms with van der Waals surface area (Å²) in [6, 6.07) is 5.55. The van der Waals surface area contributed by atoms with Gasteiger partial charge in [-0.15, -0.1) is 11.3 Å². The lowest BCUT2D eigenvalue weighted by Crippen LogP contribution is -2.04. The average Bonchev–Trinajstić information content (AvgIpc) is 2.69. The van der Waals surface area contributed by atoms with Crippen molar-refractivity contribution >= 4 is 11.3 Å². The molecule has 0 aliphatic carbocycles. The van der Waals surface area contributed by atoms with E-state index < -0.39 is 11.7 Å². The molecule has 2 heterocycles. The third-order valence-electron chi connectivity index (χ3n) is 1.86. The van der Waals surface area contributed by atoms with Crippen molar-refractivity contribution in [1.82, 2.24) is 4.98 Å². The predicted molar refractivity (Wildman–Crippen MR) is 52.6 cm³/mol. The monoisotopic (exact) mass is 229 g/mol. The van der Waals surface area contributed by atoms with Crippen molar-refractivity contribution < 1.29 is 13.2 Å². The van der Waals surface area contributed by atoms with Crippen LogP contribution in [0.15, 0.2) is 35.8 Å². The van der Waals surface area contributed by atoms with Crippen LogP contribution >= 0.6 is 11.3 Å². The van der Waals surface area contributed by atoms with Gasteiger partial charge in [0.05, 0.1) is 16.1 Å². The van der Waals surface area contributed by atoms with E-state index in [1.54, 1.807) is 17.5 Å². The van der Waals surface area contributed by atoms with Gasteiger partial charge in [0.25, 0.3) is 0 Å². The Kier molecular flexibility index (Phi) is 2.48. The minimum absolute atomic E-state index is 0.361. The molecule has 0 saturated carbocycles. The molecule has 0 fully saturated rings. The second-order valence-corrected chi connectivity index (χ2v) is 3.85. The minimum Gasteiger partial charge on any atom is -0.255 e. The number of hydrogen-bond donors (Lipinski definition) is 0. The summed E-state index contributed by atoms with van der Waals surface area (Å²) in [5.74, 6) is 0. The first-order chi connectivity index (χ1) is 7.07. The van der Waals surface area contributed by atoms with Crippen LogP contribution in [0.5, 0.6) is 0 Å². The van der Waals surface area contributed by atoms with Crippen molar-refractivity contribution in [3.05, 3.63) is 41.4 Å². The fourth-order valence-corrected chi connectivity index (χ4v) is 1.86. The van der Waals surface area contributed by atoms with Gasteiger partial charge < -0.3 is 0 Å². The minimum atomic E-state index is -4.31. The summed E-state index contributed by atoms with van der Waals surface area (Å²) >= 11 is 1.37. The van der Waals surface area contributed by atoms with Crippen LogP contribution in [0.3, 0.4) is 0 Å². The molecule has 0 spiro atoms. The molecule has 0 aromatic carbocycles. The van der Waals surface area contributed by atoms with Gasteiger partial charge in [0.15, 0.2) is 0 Å². The van der Waals surface area contributed by atoms with Gasteiger partial charge in [-0.25, -0.2) is 0 Å². The van der Waals surface area contributed by atoms with Crippen LogP contribution in [0, 0.1) is 0 Å². The Morgan fingerprint density at radius 3 is 2.60 bits per heavy atom. The Morgan fingerprint density at radius 2 is 2.00 bits per heavy atom. The quantitative estimate of drug-likeness (QED) is 0.724. The SMILES string of the molecule is FC(F)(F)c1ccnc(-c2cccs2)c1. The van der Waals surface area contributed by atoms with E-state index in [0.29, 0.717) is 5.69 Å². The van der Waals surface area contributed by atoms with Gasteiger partial charge in [0, 0.05) is 6.20 Å². The summed E-state index contributed by atoms with van der Waals surface area (Å²) in [4.78, 5) is 4.64. The maximum atomic E-state index is 12.4. The highest BCUT2D eigenvalue weighted by atomic mass is 32.1. The smallest absolute Gasteiger partial charge is 0.255 e. The van der Waals surface area contributed by atoms with Crippen LogP contribution in [-0.2, 0) is 6.18 Å². The van der Waals surface area contributed by atoms with Gasteiger partial charge in [-0.1, -0.05) is 6.07 Å². The lowest BCUT2D eigenvalue weighted by Gasteiger charge is -2.06. The van der Waals surface area contributed by atoms with E-state index in [1.165, 1.54) is 17.5 Å². The average molecular weight is 229 g/mol. The fourth-order valence-electron chi connectivity index (χ4n) is 1.17. The third kappa shape index (κ3) is 2.18. The molecule has 0 radical (unpaired) electrons. The molecular weight excluding hydrogens is 223 g/mol. The molecule has 0 saturated heterocycles. The normalized spacial score (nSPS) is 11.7. The Bertz CT molecular complexity index is 448. The van der Waals surface area contributed by atoms with Crippen LogP contribution in [0.25, 0.3) is 10.6 Å². The highest BCUT2D eigenvalue weighted by Gasteiger charge is 2.30. The van der Waals surface area contributed by atoms with E-state index in [-0.39, 0.29) is 0 Å². The summed E-state index contributed by atoms with van der Waals surface area (Å²) in [7, 11) is 0. The van der Waals surface area contributed by atoms with Gasteiger partial charge in [-0.3, -0.25) is 4.98 Å². The molecule has 0 atom stereocenters. The highest BCUT2D eigenvalue weighted by molar-refractivity contribution is 7.13. The largest absolute Gasteiger partial charge is 0.416 e. The lowest BCUT2D eigenvalue weighted by molar-refractivity contribution is -0.137. The molecule has 0 bridgehead atoms. The van der Waals surface area contributed by atoms with E-state index in [9.17, 15) is 13.2 Å². The van der Waals surface area contributed by atoms with Gasteiger partial charge >= 0.3 is 6.18 Å². The third-order valence-corrected chi connectivity index (χ3v) is 2.75. The van der Waals surface area contributed by atoms with Crippen LogP contribution in [-0.4, -0.2) is 4.98 Å². The summed E-state index contributed by atoms with van der Waals surface area (Å²) in [6.45, 7) is 0. The van der Waals surface area contributed by atoms with Crippen LogP contribution in [0.4, 0.5) is 13.2 Å². The molecule has 2 aromatic heterocycles. The van der Waals surface area contributed by atoms with E-state index in [1.807, 2.05) is 0 Å². The van der Waals surface area contributed by atoms with Gasteiger partial charge in [0.1, 0.15) is 0 Å². The summed E-state index contributed by atoms with van der Waals surface area (Å²) in [6.07, 6.45) is -3.13.